The van der Waals surface area contributed by atoms with Gasteiger partial charge in [0.15, 0.2) is 0 Å². The van der Waals surface area contributed by atoms with Gasteiger partial charge in [-0.05, 0) is 41.3 Å². The molecule has 0 unspecified atom stereocenters. The normalized spacial score (nSPS) is 10.9. The molecule has 0 saturated carbocycles. The SMILES string of the molecule is CC(C)NCc1ccc(Cl)cc1Cc1cccnc1. The summed E-state index contributed by atoms with van der Waals surface area (Å²) in [6.45, 7) is 5.16. The third-order valence-corrected chi connectivity index (χ3v) is 3.22. The maximum absolute atomic E-state index is 6.11. The predicted molar refractivity (Wildman–Crippen MR) is 80.5 cm³/mol. The highest BCUT2D eigenvalue weighted by Gasteiger charge is 2.05. The van der Waals surface area contributed by atoms with Crippen LogP contribution in [0.15, 0.2) is 42.7 Å². The van der Waals surface area contributed by atoms with Crippen molar-refractivity contribution in [3.8, 4) is 0 Å². The first-order chi connectivity index (χ1) is 9.15. The average molecular weight is 275 g/mol. The van der Waals surface area contributed by atoms with Gasteiger partial charge in [0.05, 0.1) is 0 Å². The third kappa shape index (κ3) is 4.34. The average Bonchev–Trinajstić information content (AvgIpc) is 2.39. The lowest BCUT2D eigenvalue weighted by molar-refractivity contribution is 0.587. The molecule has 0 spiro atoms. The number of aromatic nitrogens is 1. The summed E-state index contributed by atoms with van der Waals surface area (Å²) in [6, 6.07) is 10.6. The van der Waals surface area contributed by atoms with Gasteiger partial charge in [-0.25, -0.2) is 0 Å². The van der Waals surface area contributed by atoms with Crippen molar-refractivity contribution in [1.82, 2.24) is 10.3 Å². The molecule has 1 heterocycles. The maximum atomic E-state index is 6.11. The molecule has 100 valence electrons. The topological polar surface area (TPSA) is 24.9 Å². The number of hydrogen-bond donors (Lipinski definition) is 1. The molecule has 2 aromatic rings. The lowest BCUT2D eigenvalue weighted by Crippen LogP contribution is -2.22. The molecule has 2 nitrogen and oxygen atoms in total. The van der Waals surface area contributed by atoms with Gasteiger partial charge in [0, 0.05) is 30.0 Å². The van der Waals surface area contributed by atoms with Crippen molar-refractivity contribution in [3.63, 3.8) is 0 Å². The third-order valence-electron chi connectivity index (χ3n) is 2.99. The molecule has 1 N–H and O–H groups in total. The highest BCUT2D eigenvalue weighted by molar-refractivity contribution is 6.30. The van der Waals surface area contributed by atoms with Crippen molar-refractivity contribution in [1.29, 1.82) is 0 Å². The summed E-state index contributed by atoms with van der Waals surface area (Å²) < 4.78 is 0. The fraction of sp³-hybridized carbons (Fsp3) is 0.312. The minimum Gasteiger partial charge on any atom is -0.310 e. The Kier molecular flexibility index (Phi) is 4.94. The molecular formula is C16H19ClN2. The molecule has 0 aliphatic rings. The quantitative estimate of drug-likeness (QED) is 0.896. The molecule has 0 aliphatic carbocycles. The number of benzene rings is 1. The van der Waals surface area contributed by atoms with Gasteiger partial charge in [-0.1, -0.05) is 37.6 Å². The van der Waals surface area contributed by atoms with E-state index in [1.54, 1.807) is 6.20 Å². The van der Waals surface area contributed by atoms with Crippen LogP contribution in [0.1, 0.15) is 30.5 Å². The first-order valence-corrected chi connectivity index (χ1v) is 6.92. The minimum absolute atomic E-state index is 0.474. The van der Waals surface area contributed by atoms with E-state index in [0.29, 0.717) is 6.04 Å². The summed E-state index contributed by atoms with van der Waals surface area (Å²) in [5, 5.41) is 4.23. The van der Waals surface area contributed by atoms with Gasteiger partial charge < -0.3 is 5.32 Å². The molecular weight excluding hydrogens is 256 g/mol. The zero-order valence-electron chi connectivity index (χ0n) is 11.4. The number of pyridine rings is 1. The van der Waals surface area contributed by atoms with E-state index in [9.17, 15) is 0 Å². The smallest absolute Gasteiger partial charge is 0.0409 e. The zero-order valence-corrected chi connectivity index (χ0v) is 12.1. The van der Waals surface area contributed by atoms with E-state index in [2.05, 4.69) is 36.3 Å². The Morgan fingerprint density at radius 1 is 1.21 bits per heavy atom. The fourth-order valence-corrected chi connectivity index (χ4v) is 2.16. The Hall–Kier alpha value is -1.38. The fourth-order valence-electron chi connectivity index (χ4n) is 1.97. The van der Waals surface area contributed by atoms with Crippen LogP contribution in [0.5, 0.6) is 0 Å². The molecule has 3 heteroatoms. The Labute approximate surface area is 119 Å². The lowest BCUT2D eigenvalue weighted by atomic mass is 10.0. The van der Waals surface area contributed by atoms with Crippen LogP contribution in [0.2, 0.25) is 5.02 Å². The second-order valence-electron chi connectivity index (χ2n) is 4.99. The van der Waals surface area contributed by atoms with E-state index >= 15 is 0 Å². The van der Waals surface area contributed by atoms with E-state index in [1.807, 2.05) is 24.4 Å². The first-order valence-electron chi connectivity index (χ1n) is 6.55. The van der Waals surface area contributed by atoms with E-state index in [0.717, 1.165) is 18.0 Å². The van der Waals surface area contributed by atoms with E-state index < -0.39 is 0 Å². The number of nitrogens with zero attached hydrogens (tertiary/aromatic N) is 1. The molecule has 0 bridgehead atoms. The van der Waals surface area contributed by atoms with Crippen LogP contribution in [-0.2, 0) is 13.0 Å². The van der Waals surface area contributed by atoms with Gasteiger partial charge in [0.1, 0.15) is 0 Å². The van der Waals surface area contributed by atoms with Crippen LogP contribution in [-0.4, -0.2) is 11.0 Å². The largest absolute Gasteiger partial charge is 0.310 e. The summed E-state index contributed by atoms with van der Waals surface area (Å²) in [7, 11) is 0. The van der Waals surface area contributed by atoms with Gasteiger partial charge in [0.25, 0.3) is 0 Å². The monoisotopic (exact) mass is 274 g/mol. The van der Waals surface area contributed by atoms with E-state index in [4.69, 9.17) is 11.6 Å². The number of hydrogen-bond acceptors (Lipinski definition) is 2. The van der Waals surface area contributed by atoms with Crippen molar-refractivity contribution in [2.24, 2.45) is 0 Å². The number of halogens is 1. The number of rotatable bonds is 5. The van der Waals surface area contributed by atoms with Crippen LogP contribution in [0, 0.1) is 0 Å². The van der Waals surface area contributed by atoms with Gasteiger partial charge in [-0.15, -0.1) is 0 Å². The predicted octanol–water partition coefficient (Wildman–Crippen LogP) is 3.82. The molecule has 0 atom stereocenters. The highest BCUT2D eigenvalue weighted by Crippen LogP contribution is 2.19. The van der Waals surface area contributed by atoms with Crippen LogP contribution in [0.4, 0.5) is 0 Å². The molecule has 0 amide bonds. The van der Waals surface area contributed by atoms with Crippen LogP contribution in [0.3, 0.4) is 0 Å². The molecule has 0 saturated heterocycles. The lowest BCUT2D eigenvalue weighted by Gasteiger charge is -2.13. The van der Waals surface area contributed by atoms with Gasteiger partial charge in [-0.2, -0.15) is 0 Å². The van der Waals surface area contributed by atoms with Crippen molar-refractivity contribution in [2.75, 3.05) is 0 Å². The van der Waals surface area contributed by atoms with Crippen LogP contribution in [0.25, 0.3) is 0 Å². The van der Waals surface area contributed by atoms with Crippen molar-refractivity contribution in [2.45, 2.75) is 32.9 Å². The zero-order chi connectivity index (χ0) is 13.7. The first kappa shape index (κ1) is 14.0. The Morgan fingerprint density at radius 3 is 2.74 bits per heavy atom. The number of nitrogens with one attached hydrogen (secondary N) is 1. The maximum Gasteiger partial charge on any atom is 0.0409 e. The molecule has 1 aromatic heterocycles. The molecule has 0 radical (unpaired) electrons. The Bertz CT molecular complexity index is 524. The van der Waals surface area contributed by atoms with Crippen LogP contribution >= 0.6 is 11.6 Å². The molecule has 1 aromatic carbocycles. The van der Waals surface area contributed by atoms with E-state index in [1.165, 1.54) is 16.7 Å². The molecule has 0 fully saturated rings. The van der Waals surface area contributed by atoms with Crippen LogP contribution < -0.4 is 5.32 Å². The summed E-state index contributed by atoms with van der Waals surface area (Å²) in [4.78, 5) is 4.16. The summed E-state index contributed by atoms with van der Waals surface area (Å²) in [5.74, 6) is 0. The van der Waals surface area contributed by atoms with E-state index in [-0.39, 0.29) is 0 Å². The van der Waals surface area contributed by atoms with Crippen molar-refractivity contribution >= 4 is 11.6 Å². The Morgan fingerprint density at radius 2 is 2.05 bits per heavy atom. The van der Waals surface area contributed by atoms with Crippen molar-refractivity contribution in [3.05, 3.63) is 64.4 Å². The standard InChI is InChI=1S/C16H19ClN2/c1-12(2)19-11-14-5-6-16(17)9-15(14)8-13-4-3-7-18-10-13/h3-7,9-10,12,19H,8,11H2,1-2H3. The minimum atomic E-state index is 0.474. The summed E-state index contributed by atoms with van der Waals surface area (Å²) in [6.07, 6.45) is 4.56. The van der Waals surface area contributed by atoms with Gasteiger partial charge in [0.2, 0.25) is 0 Å². The second-order valence-corrected chi connectivity index (χ2v) is 5.42. The van der Waals surface area contributed by atoms with Gasteiger partial charge in [-0.3, -0.25) is 4.98 Å². The molecule has 2 rings (SSSR count). The molecule has 0 aliphatic heterocycles. The van der Waals surface area contributed by atoms with Gasteiger partial charge >= 0.3 is 0 Å². The van der Waals surface area contributed by atoms with Crippen molar-refractivity contribution < 1.29 is 0 Å². The summed E-state index contributed by atoms with van der Waals surface area (Å²) in [5.41, 5.74) is 3.76. The summed E-state index contributed by atoms with van der Waals surface area (Å²) >= 11 is 6.11. The molecule has 19 heavy (non-hydrogen) atoms. The second kappa shape index (κ2) is 6.69. The Balaban J connectivity index is 2.19. The highest BCUT2D eigenvalue weighted by atomic mass is 35.5.